The number of aliphatic carboxylic acids is 1. The zero-order valence-electron chi connectivity index (χ0n) is 6.92. The standard InChI is InChI=1S/C7H6BrN3O3/c8-5-1-6(3-9-2-5)11(10-14)4-7(12)13/h1-3H,4H2,(H,12,13). The Morgan fingerprint density at radius 3 is 2.86 bits per heavy atom. The summed E-state index contributed by atoms with van der Waals surface area (Å²) in [6.45, 7) is -0.484. The molecule has 14 heavy (non-hydrogen) atoms. The Hall–Kier alpha value is -1.50. The molecule has 0 aromatic carbocycles. The molecule has 74 valence electrons. The highest BCUT2D eigenvalue weighted by molar-refractivity contribution is 9.10. The van der Waals surface area contributed by atoms with Gasteiger partial charge in [-0.15, -0.1) is 4.91 Å². The van der Waals surface area contributed by atoms with Gasteiger partial charge in [-0.2, -0.15) is 0 Å². The topological polar surface area (TPSA) is 82.9 Å². The van der Waals surface area contributed by atoms with Crippen LogP contribution in [0.4, 0.5) is 5.69 Å². The zero-order chi connectivity index (χ0) is 10.6. The van der Waals surface area contributed by atoms with Crippen molar-refractivity contribution in [3.63, 3.8) is 0 Å². The number of nitrogens with zero attached hydrogens (tertiary/aromatic N) is 3. The minimum absolute atomic E-state index is 0.330. The molecule has 1 heterocycles. The number of halogens is 1. The van der Waals surface area contributed by atoms with Gasteiger partial charge in [0.15, 0.2) is 0 Å². The normalized spacial score (nSPS) is 9.50. The highest BCUT2D eigenvalue weighted by atomic mass is 79.9. The van der Waals surface area contributed by atoms with Gasteiger partial charge in [-0.1, -0.05) is 0 Å². The van der Waals surface area contributed by atoms with Crippen molar-refractivity contribution in [3.05, 3.63) is 27.8 Å². The van der Waals surface area contributed by atoms with E-state index in [2.05, 4.69) is 26.2 Å². The highest BCUT2D eigenvalue weighted by Crippen LogP contribution is 2.18. The summed E-state index contributed by atoms with van der Waals surface area (Å²) in [7, 11) is 0. The number of hydrogen-bond acceptors (Lipinski definition) is 4. The van der Waals surface area contributed by atoms with Crippen molar-refractivity contribution in [2.24, 2.45) is 5.29 Å². The molecule has 0 aliphatic carbocycles. The Morgan fingerprint density at radius 1 is 1.64 bits per heavy atom. The lowest BCUT2D eigenvalue weighted by molar-refractivity contribution is -0.135. The first-order chi connectivity index (χ1) is 6.63. The summed E-state index contributed by atoms with van der Waals surface area (Å²) in [5, 5.41) is 11.9. The summed E-state index contributed by atoms with van der Waals surface area (Å²) in [4.78, 5) is 24.5. The van der Waals surface area contributed by atoms with Crippen LogP contribution >= 0.6 is 15.9 Å². The van der Waals surface area contributed by atoms with Gasteiger partial charge >= 0.3 is 5.97 Å². The first-order valence-electron chi connectivity index (χ1n) is 3.56. The van der Waals surface area contributed by atoms with Gasteiger partial charge in [-0.05, 0) is 22.0 Å². The lowest BCUT2D eigenvalue weighted by Crippen LogP contribution is -2.23. The van der Waals surface area contributed by atoms with E-state index < -0.39 is 12.5 Å². The first kappa shape index (κ1) is 10.6. The third-order valence-corrected chi connectivity index (χ3v) is 1.81. The Bertz CT molecular complexity index is 358. The number of nitroso groups, excluding NO2 is 1. The lowest BCUT2D eigenvalue weighted by atomic mass is 10.4. The average Bonchev–Trinajstić information content (AvgIpc) is 2.14. The molecule has 1 rings (SSSR count). The largest absolute Gasteiger partial charge is 0.480 e. The van der Waals surface area contributed by atoms with Crippen LogP contribution in [0.25, 0.3) is 0 Å². The summed E-state index contributed by atoms with van der Waals surface area (Å²) in [5.41, 5.74) is 0.330. The second-order valence-electron chi connectivity index (χ2n) is 2.39. The fourth-order valence-corrected chi connectivity index (χ4v) is 1.19. The molecule has 1 N–H and O–H groups in total. The SMILES string of the molecule is O=NN(CC(=O)O)c1cncc(Br)c1. The van der Waals surface area contributed by atoms with Gasteiger partial charge in [0.25, 0.3) is 0 Å². The monoisotopic (exact) mass is 259 g/mol. The molecule has 0 saturated heterocycles. The van der Waals surface area contributed by atoms with Crippen molar-refractivity contribution < 1.29 is 9.90 Å². The van der Waals surface area contributed by atoms with Crippen molar-refractivity contribution in [1.29, 1.82) is 0 Å². The number of rotatable bonds is 4. The Morgan fingerprint density at radius 2 is 2.36 bits per heavy atom. The van der Waals surface area contributed by atoms with E-state index >= 15 is 0 Å². The maximum Gasteiger partial charge on any atom is 0.325 e. The van der Waals surface area contributed by atoms with E-state index in [1.165, 1.54) is 12.4 Å². The van der Waals surface area contributed by atoms with Crippen LogP contribution in [0.15, 0.2) is 28.2 Å². The van der Waals surface area contributed by atoms with E-state index in [9.17, 15) is 9.70 Å². The van der Waals surface area contributed by atoms with Crippen LogP contribution in [-0.2, 0) is 4.79 Å². The average molecular weight is 260 g/mol. The van der Waals surface area contributed by atoms with E-state index in [4.69, 9.17) is 5.11 Å². The maximum atomic E-state index is 10.4. The molecule has 0 aliphatic heterocycles. The van der Waals surface area contributed by atoms with Crippen LogP contribution in [0.5, 0.6) is 0 Å². The first-order valence-corrected chi connectivity index (χ1v) is 4.36. The third kappa shape index (κ3) is 2.77. The van der Waals surface area contributed by atoms with Crippen molar-refractivity contribution in [2.45, 2.75) is 0 Å². The molecule has 0 amide bonds. The van der Waals surface area contributed by atoms with Crippen LogP contribution in [0.1, 0.15) is 0 Å². The number of anilines is 1. The van der Waals surface area contributed by atoms with Crippen molar-refractivity contribution in [2.75, 3.05) is 11.6 Å². The van der Waals surface area contributed by atoms with Gasteiger partial charge in [-0.25, -0.2) is 5.01 Å². The quantitative estimate of drug-likeness (QED) is 0.653. The summed E-state index contributed by atoms with van der Waals surface area (Å²) in [6, 6.07) is 1.55. The van der Waals surface area contributed by atoms with Crippen molar-refractivity contribution in [3.8, 4) is 0 Å². The number of aromatic nitrogens is 1. The molecular formula is C7H6BrN3O3. The minimum atomic E-state index is -1.13. The van der Waals surface area contributed by atoms with Crippen LogP contribution in [0.2, 0.25) is 0 Å². The van der Waals surface area contributed by atoms with E-state index in [1.54, 1.807) is 6.07 Å². The lowest BCUT2D eigenvalue weighted by Gasteiger charge is -2.11. The number of carbonyl (C=O) groups is 1. The molecule has 0 atom stereocenters. The predicted octanol–water partition coefficient (Wildman–Crippen LogP) is 1.42. The Balaban J connectivity index is 2.89. The summed E-state index contributed by atoms with van der Waals surface area (Å²) >= 11 is 3.15. The number of hydrogen-bond donors (Lipinski definition) is 1. The predicted molar refractivity (Wildman–Crippen MR) is 52.7 cm³/mol. The Kier molecular flexibility index (Phi) is 3.52. The summed E-state index contributed by atoms with van der Waals surface area (Å²) < 4.78 is 0.647. The van der Waals surface area contributed by atoms with Gasteiger partial charge in [0.1, 0.15) is 6.54 Å². The van der Waals surface area contributed by atoms with Crippen molar-refractivity contribution in [1.82, 2.24) is 4.98 Å². The molecule has 0 radical (unpaired) electrons. The fourth-order valence-electron chi connectivity index (χ4n) is 0.837. The highest BCUT2D eigenvalue weighted by Gasteiger charge is 2.11. The molecule has 0 spiro atoms. The van der Waals surface area contributed by atoms with E-state index in [0.29, 0.717) is 10.2 Å². The van der Waals surface area contributed by atoms with E-state index in [0.717, 1.165) is 5.01 Å². The van der Waals surface area contributed by atoms with Gasteiger partial charge in [0.05, 0.1) is 17.2 Å². The van der Waals surface area contributed by atoms with Gasteiger partial charge in [0.2, 0.25) is 0 Å². The van der Waals surface area contributed by atoms with Crippen LogP contribution in [0.3, 0.4) is 0 Å². The van der Waals surface area contributed by atoms with E-state index in [-0.39, 0.29) is 0 Å². The molecule has 7 heteroatoms. The smallest absolute Gasteiger partial charge is 0.325 e. The Labute approximate surface area is 87.6 Å². The number of carboxylic acids is 1. The second kappa shape index (κ2) is 4.66. The zero-order valence-corrected chi connectivity index (χ0v) is 8.51. The molecule has 0 bridgehead atoms. The number of pyridine rings is 1. The molecule has 1 aromatic rings. The van der Waals surface area contributed by atoms with Crippen molar-refractivity contribution >= 4 is 27.6 Å². The van der Waals surface area contributed by atoms with Gasteiger partial charge in [0, 0.05) is 10.7 Å². The van der Waals surface area contributed by atoms with Gasteiger partial charge in [-0.3, -0.25) is 9.78 Å². The summed E-state index contributed by atoms with van der Waals surface area (Å²) in [5.74, 6) is -1.13. The van der Waals surface area contributed by atoms with Crippen LogP contribution in [-0.4, -0.2) is 22.6 Å². The molecule has 0 aliphatic rings. The van der Waals surface area contributed by atoms with Crippen LogP contribution < -0.4 is 5.01 Å². The number of carboxylic acid groups (broad SMARTS) is 1. The molecule has 0 fully saturated rings. The van der Waals surface area contributed by atoms with E-state index in [1.807, 2.05) is 0 Å². The summed E-state index contributed by atoms with van der Waals surface area (Å²) in [6.07, 6.45) is 2.88. The molecule has 1 aromatic heterocycles. The minimum Gasteiger partial charge on any atom is -0.480 e. The molecular weight excluding hydrogens is 254 g/mol. The molecule has 0 saturated carbocycles. The van der Waals surface area contributed by atoms with Crippen LogP contribution in [0, 0.1) is 4.91 Å². The second-order valence-corrected chi connectivity index (χ2v) is 3.31. The van der Waals surface area contributed by atoms with Gasteiger partial charge < -0.3 is 5.11 Å². The molecule has 0 unspecified atom stereocenters. The maximum absolute atomic E-state index is 10.4. The fraction of sp³-hybridized carbons (Fsp3) is 0.143. The third-order valence-electron chi connectivity index (χ3n) is 1.37. The molecule has 6 nitrogen and oxygen atoms in total.